The molecule has 0 atom stereocenters. The summed E-state index contributed by atoms with van der Waals surface area (Å²) in [5.74, 6) is 0. The lowest BCUT2D eigenvalue weighted by Crippen LogP contribution is -2.42. The summed E-state index contributed by atoms with van der Waals surface area (Å²) in [6, 6.07) is 0. The van der Waals surface area contributed by atoms with Crippen LogP contribution in [0.5, 0.6) is 0 Å². The second-order valence-corrected chi connectivity index (χ2v) is 3.47. The van der Waals surface area contributed by atoms with Gasteiger partial charge < -0.3 is 10.6 Å². The average molecular weight is 126 g/mol. The minimum Gasteiger partial charge on any atom is -0.370 e. The summed E-state index contributed by atoms with van der Waals surface area (Å²) < 4.78 is 0. The summed E-state index contributed by atoms with van der Waals surface area (Å²) in [5.41, 5.74) is 0.295. The summed E-state index contributed by atoms with van der Waals surface area (Å²) in [4.78, 5) is 0. The first-order chi connectivity index (χ1) is 4.11. The molecular weight excluding hydrogens is 112 g/mol. The van der Waals surface area contributed by atoms with Gasteiger partial charge in [-0.1, -0.05) is 20.8 Å². The molecule has 1 aliphatic rings. The first kappa shape index (κ1) is 6.46. The Balaban J connectivity index is 2.46. The van der Waals surface area contributed by atoms with Crippen LogP contribution in [0.25, 0.3) is 0 Å². The molecular formula is C7H14N2. The number of rotatable bonds is 0. The van der Waals surface area contributed by atoms with Crippen molar-refractivity contribution in [2.45, 2.75) is 26.9 Å². The van der Waals surface area contributed by atoms with Crippen molar-refractivity contribution in [3.05, 3.63) is 12.4 Å². The van der Waals surface area contributed by atoms with E-state index < -0.39 is 0 Å². The second-order valence-electron chi connectivity index (χ2n) is 3.47. The van der Waals surface area contributed by atoms with Crippen molar-refractivity contribution in [3.63, 3.8) is 0 Å². The van der Waals surface area contributed by atoms with Crippen molar-refractivity contribution >= 4 is 0 Å². The molecule has 9 heavy (non-hydrogen) atoms. The van der Waals surface area contributed by atoms with Crippen LogP contribution < -0.4 is 10.6 Å². The quantitative estimate of drug-likeness (QED) is 0.506. The van der Waals surface area contributed by atoms with Gasteiger partial charge in [-0.05, 0) is 0 Å². The Kier molecular flexibility index (Phi) is 1.39. The van der Waals surface area contributed by atoms with Crippen LogP contribution in [0.2, 0.25) is 0 Å². The molecule has 0 aromatic heterocycles. The van der Waals surface area contributed by atoms with Crippen molar-refractivity contribution in [2.24, 2.45) is 5.41 Å². The van der Waals surface area contributed by atoms with Crippen molar-refractivity contribution in [2.75, 3.05) is 0 Å². The monoisotopic (exact) mass is 126 g/mol. The van der Waals surface area contributed by atoms with Gasteiger partial charge in [-0.25, -0.2) is 0 Å². The van der Waals surface area contributed by atoms with Crippen LogP contribution in [0.15, 0.2) is 12.4 Å². The van der Waals surface area contributed by atoms with Crippen molar-refractivity contribution < 1.29 is 0 Å². The zero-order chi connectivity index (χ0) is 6.91. The molecule has 2 N–H and O–H groups in total. The Labute approximate surface area is 56.3 Å². The van der Waals surface area contributed by atoms with E-state index in [0.29, 0.717) is 11.6 Å². The highest BCUT2D eigenvalue weighted by Gasteiger charge is 2.23. The largest absolute Gasteiger partial charge is 0.370 e. The molecule has 1 aliphatic heterocycles. The molecule has 2 nitrogen and oxygen atoms in total. The highest BCUT2D eigenvalue weighted by molar-refractivity contribution is 4.95. The third-order valence-corrected chi connectivity index (χ3v) is 1.48. The molecule has 0 aromatic carbocycles. The lowest BCUT2D eigenvalue weighted by molar-refractivity contribution is 0.278. The second kappa shape index (κ2) is 1.94. The zero-order valence-electron chi connectivity index (χ0n) is 6.23. The van der Waals surface area contributed by atoms with Crippen molar-refractivity contribution in [1.82, 2.24) is 10.6 Å². The SMILES string of the molecule is CC(C)(C)C1NC=CN1. The Morgan fingerprint density at radius 3 is 1.78 bits per heavy atom. The van der Waals surface area contributed by atoms with E-state index >= 15 is 0 Å². The molecule has 0 bridgehead atoms. The zero-order valence-corrected chi connectivity index (χ0v) is 6.23. The minimum atomic E-state index is 0.295. The van der Waals surface area contributed by atoms with Gasteiger partial charge in [0, 0.05) is 17.8 Å². The molecule has 0 amide bonds. The fourth-order valence-corrected chi connectivity index (χ4v) is 0.837. The minimum absolute atomic E-state index is 0.295. The molecule has 0 aromatic rings. The number of nitrogens with one attached hydrogen (secondary N) is 2. The van der Waals surface area contributed by atoms with Gasteiger partial charge >= 0.3 is 0 Å². The molecule has 2 heteroatoms. The molecule has 0 radical (unpaired) electrons. The third kappa shape index (κ3) is 1.37. The van der Waals surface area contributed by atoms with Crippen LogP contribution >= 0.6 is 0 Å². The Hall–Kier alpha value is -0.660. The molecule has 0 spiro atoms. The maximum atomic E-state index is 3.20. The first-order valence-electron chi connectivity index (χ1n) is 3.28. The Morgan fingerprint density at radius 2 is 1.56 bits per heavy atom. The maximum absolute atomic E-state index is 3.20. The molecule has 0 aliphatic carbocycles. The van der Waals surface area contributed by atoms with Gasteiger partial charge in [-0.15, -0.1) is 0 Å². The van der Waals surface area contributed by atoms with Crippen LogP contribution in [0.1, 0.15) is 20.8 Å². The van der Waals surface area contributed by atoms with Gasteiger partial charge in [0.25, 0.3) is 0 Å². The van der Waals surface area contributed by atoms with Crippen LogP contribution in [0.4, 0.5) is 0 Å². The fraction of sp³-hybridized carbons (Fsp3) is 0.714. The van der Waals surface area contributed by atoms with Crippen LogP contribution in [0.3, 0.4) is 0 Å². The molecule has 52 valence electrons. The number of hydrogen-bond acceptors (Lipinski definition) is 2. The van der Waals surface area contributed by atoms with Crippen molar-refractivity contribution in [1.29, 1.82) is 0 Å². The predicted octanol–water partition coefficient (Wildman–Crippen LogP) is 1.02. The van der Waals surface area contributed by atoms with E-state index in [1.807, 2.05) is 12.4 Å². The molecule has 0 unspecified atom stereocenters. The van der Waals surface area contributed by atoms with Gasteiger partial charge in [0.1, 0.15) is 6.17 Å². The standard InChI is InChI=1S/C7H14N2/c1-7(2,3)6-8-4-5-9-6/h4-6,8-9H,1-3H3. The lowest BCUT2D eigenvalue weighted by Gasteiger charge is -2.27. The normalized spacial score (nSPS) is 19.4. The molecule has 0 saturated heterocycles. The van der Waals surface area contributed by atoms with Gasteiger partial charge in [0.2, 0.25) is 0 Å². The van der Waals surface area contributed by atoms with Gasteiger partial charge in [-0.3, -0.25) is 0 Å². The van der Waals surface area contributed by atoms with E-state index in [0.717, 1.165) is 0 Å². The van der Waals surface area contributed by atoms with E-state index in [1.165, 1.54) is 0 Å². The summed E-state index contributed by atoms with van der Waals surface area (Å²) in [7, 11) is 0. The van der Waals surface area contributed by atoms with E-state index in [-0.39, 0.29) is 0 Å². The third-order valence-electron chi connectivity index (χ3n) is 1.48. The van der Waals surface area contributed by atoms with Crippen LogP contribution in [-0.4, -0.2) is 6.17 Å². The van der Waals surface area contributed by atoms with Gasteiger partial charge in [0.15, 0.2) is 0 Å². The van der Waals surface area contributed by atoms with Crippen LogP contribution in [-0.2, 0) is 0 Å². The fourth-order valence-electron chi connectivity index (χ4n) is 0.837. The smallest absolute Gasteiger partial charge is 0.101 e. The predicted molar refractivity (Wildman–Crippen MR) is 38.7 cm³/mol. The molecule has 0 saturated carbocycles. The molecule has 1 rings (SSSR count). The topological polar surface area (TPSA) is 24.1 Å². The summed E-state index contributed by atoms with van der Waals surface area (Å²) in [6.45, 7) is 6.60. The maximum Gasteiger partial charge on any atom is 0.101 e. The lowest BCUT2D eigenvalue weighted by atomic mass is 9.93. The highest BCUT2D eigenvalue weighted by Crippen LogP contribution is 2.18. The first-order valence-corrected chi connectivity index (χ1v) is 3.28. The molecule has 1 heterocycles. The number of hydrogen-bond donors (Lipinski definition) is 2. The van der Waals surface area contributed by atoms with E-state index in [2.05, 4.69) is 31.4 Å². The van der Waals surface area contributed by atoms with E-state index in [1.54, 1.807) is 0 Å². The van der Waals surface area contributed by atoms with Crippen LogP contribution in [0, 0.1) is 5.41 Å². The summed E-state index contributed by atoms with van der Waals surface area (Å²) in [5, 5.41) is 6.41. The summed E-state index contributed by atoms with van der Waals surface area (Å²) in [6.07, 6.45) is 4.28. The Morgan fingerprint density at radius 1 is 1.11 bits per heavy atom. The van der Waals surface area contributed by atoms with Crippen molar-refractivity contribution in [3.8, 4) is 0 Å². The highest BCUT2D eigenvalue weighted by atomic mass is 15.2. The average Bonchev–Trinajstić information content (AvgIpc) is 2.08. The molecule has 0 fully saturated rings. The summed E-state index contributed by atoms with van der Waals surface area (Å²) >= 11 is 0. The van der Waals surface area contributed by atoms with Gasteiger partial charge in [-0.2, -0.15) is 0 Å². The van der Waals surface area contributed by atoms with Gasteiger partial charge in [0.05, 0.1) is 0 Å². The van der Waals surface area contributed by atoms with E-state index in [4.69, 9.17) is 0 Å². The Bertz CT molecular complexity index is 113. The van der Waals surface area contributed by atoms with E-state index in [9.17, 15) is 0 Å².